The van der Waals surface area contributed by atoms with Gasteiger partial charge in [-0.2, -0.15) is 0 Å². The average Bonchev–Trinajstić information content (AvgIpc) is 3.13. The minimum Gasteiger partial charge on any atom is -0.497 e. The van der Waals surface area contributed by atoms with Crippen molar-refractivity contribution in [3.63, 3.8) is 0 Å². The van der Waals surface area contributed by atoms with Crippen LogP contribution in [-0.2, 0) is 0 Å². The number of ether oxygens (including phenoxy) is 1. The molecule has 0 spiro atoms. The van der Waals surface area contributed by atoms with E-state index >= 15 is 0 Å². The monoisotopic (exact) mass is 400 g/mol. The molecule has 2 unspecified atom stereocenters. The van der Waals surface area contributed by atoms with Crippen LogP contribution in [0.15, 0.2) is 48.5 Å². The van der Waals surface area contributed by atoms with E-state index in [1.54, 1.807) is 25.3 Å². The van der Waals surface area contributed by atoms with Crippen LogP contribution in [0.4, 0.5) is 0 Å². The first-order valence-electron chi connectivity index (χ1n) is 9.80. The number of halogens is 1. The summed E-state index contributed by atoms with van der Waals surface area (Å²) in [5, 5.41) is 3.67. The molecule has 2 aromatic carbocycles. The Bertz CT molecular complexity index is 823. The van der Waals surface area contributed by atoms with Crippen molar-refractivity contribution >= 4 is 17.5 Å². The second-order valence-corrected chi connectivity index (χ2v) is 8.41. The zero-order valence-electron chi connectivity index (χ0n) is 17.0. The summed E-state index contributed by atoms with van der Waals surface area (Å²) in [4.78, 5) is 15.7. The Hall–Kier alpha value is -2.04. The largest absolute Gasteiger partial charge is 0.497 e. The van der Waals surface area contributed by atoms with Crippen LogP contribution in [0.3, 0.4) is 0 Å². The fourth-order valence-corrected chi connectivity index (χ4v) is 4.49. The van der Waals surface area contributed by atoms with Crippen molar-refractivity contribution in [3.8, 4) is 5.75 Å². The molecular weight excluding hydrogens is 372 g/mol. The van der Waals surface area contributed by atoms with E-state index in [1.807, 2.05) is 18.2 Å². The van der Waals surface area contributed by atoms with E-state index in [2.05, 4.69) is 43.1 Å². The highest BCUT2D eigenvalue weighted by atomic mass is 35.5. The fourth-order valence-electron chi connectivity index (χ4n) is 4.28. The number of carbonyl (C=O) groups excluding carboxylic acids is 1. The van der Waals surface area contributed by atoms with Crippen LogP contribution in [0.5, 0.6) is 5.75 Å². The van der Waals surface area contributed by atoms with E-state index in [0.717, 1.165) is 12.1 Å². The third kappa shape index (κ3) is 4.18. The van der Waals surface area contributed by atoms with Gasteiger partial charge in [-0.3, -0.25) is 9.69 Å². The number of hydrogen-bond donors (Lipinski definition) is 1. The number of methoxy groups -OCH3 is 1. The van der Waals surface area contributed by atoms with E-state index < -0.39 is 0 Å². The SMILES string of the molecule is COc1ccc(Cl)c(C(=O)NC(c2ccccc2)C(C)(C)N2CCCC2C)c1. The number of rotatable bonds is 6. The van der Waals surface area contributed by atoms with Crippen LogP contribution in [-0.4, -0.2) is 36.0 Å². The van der Waals surface area contributed by atoms with Crippen molar-refractivity contribution < 1.29 is 9.53 Å². The number of benzene rings is 2. The lowest BCUT2D eigenvalue weighted by atomic mass is 9.86. The Balaban J connectivity index is 1.95. The molecule has 1 amide bonds. The minimum absolute atomic E-state index is 0.177. The van der Waals surface area contributed by atoms with Crippen molar-refractivity contribution in [2.75, 3.05) is 13.7 Å². The average molecular weight is 401 g/mol. The molecule has 2 aromatic rings. The highest BCUT2D eigenvalue weighted by Gasteiger charge is 2.41. The van der Waals surface area contributed by atoms with Gasteiger partial charge in [0.05, 0.1) is 23.7 Å². The van der Waals surface area contributed by atoms with E-state index in [1.165, 1.54) is 12.8 Å². The highest BCUT2D eigenvalue weighted by Crippen LogP contribution is 2.36. The molecule has 3 rings (SSSR count). The lowest BCUT2D eigenvalue weighted by Crippen LogP contribution is -2.54. The summed E-state index contributed by atoms with van der Waals surface area (Å²) in [5.41, 5.74) is 1.25. The zero-order chi connectivity index (χ0) is 20.3. The van der Waals surface area contributed by atoms with Gasteiger partial charge in [0.1, 0.15) is 5.75 Å². The number of nitrogens with one attached hydrogen (secondary N) is 1. The van der Waals surface area contributed by atoms with Gasteiger partial charge in [0.15, 0.2) is 0 Å². The molecule has 5 heteroatoms. The summed E-state index contributed by atoms with van der Waals surface area (Å²) < 4.78 is 5.27. The maximum Gasteiger partial charge on any atom is 0.253 e. The van der Waals surface area contributed by atoms with Crippen LogP contribution in [0, 0.1) is 0 Å². The second kappa shape index (κ2) is 8.54. The second-order valence-electron chi connectivity index (χ2n) is 8.00. The first-order chi connectivity index (χ1) is 13.3. The van der Waals surface area contributed by atoms with E-state index in [0.29, 0.717) is 22.4 Å². The first kappa shape index (κ1) is 20.7. The maximum absolute atomic E-state index is 13.2. The summed E-state index contributed by atoms with van der Waals surface area (Å²) >= 11 is 6.32. The van der Waals surface area contributed by atoms with Gasteiger partial charge in [0.2, 0.25) is 0 Å². The van der Waals surface area contributed by atoms with Crippen LogP contribution in [0.1, 0.15) is 55.6 Å². The van der Waals surface area contributed by atoms with Crippen molar-refractivity contribution in [1.29, 1.82) is 0 Å². The van der Waals surface area contributed by atoms with Gasteiger partial charge in [-0.25, -0.2) is 0 Å². The van der Waals surface area contributed by atoms with E-state index in [9.17, 15) is 4.79 Å². The summed E-state index contributed by atoms with van der Waals surface area (Å²) in [6, 6.07) is 15.6. The number of nitrogens with zero attached hydrogens (tertiary/aromatic N) is 1. The predicted octanol–water partition coefficient (Wildman–Crippen LogP) is 5.08. The summed E-state index contributed by atoms with van der Waals surface area (Å²) in [6.07, 6.45) is 2.36. The molecule has 0 aliphatic carbocycles. The number of likely N-dealkylation sites (tertiary alicyclic amines) is 1. The van der Waals surface area contributed by atoms with E-state index in [-0.39, 0.29) is 17.5 Å². The molecule has 4 nitrogen and oxygen atoms in total. The predicted molar refractivity (Wildman–Crippen MR) is 114 cm³/mol. The Morgan fingerprint density at radius 1 is 1.25 bits per heavy atom. The minimum atomic E-state index is -0.252. The van der Waals surface area contributed by atoms with Crippen molar-refractivity contribution in [1.82, 2.24) is 10.2 Å². The lowest BCUT2D eigenvalue weighted by Gasteiger charge is -2.45. The van der Waals surface area contributed by atoms with Gasteiger partial charge in [0.25, 0.3) is 5.91 Å². The summed E-state index contributed by atoms with van der Waals surface area (Å²) in [6.45, 7) is 7.71. The lowest BCUT2D eigenvalue weighted by molar-refractivity contribution is 0.0632. The van der Waals surface area contributed by atoms with Gasteiger partial charge in [-0.05, 0) is 63.9 Å². The summed E-state index contributed by atoms with van der Waals surface area (Å²) in [5.74, 6) is 0.413. The van der Waals surface area contributed by atoms with Gasteiger partial charge in [-0.1, -0.05) is 41.9 Å². The van der Waals surface area contributed by atoms with Crippen molar-refractivity contribution in [3.05, 3.63) is 64.7 Å². The highest BCUT2D eigenvalue weighted by molar-refractivity contribution is 6.33. The van der Waals surface area contributed by atoms with Crippen LogP contribution >= 0.6 is 11.6 Å². The molecule has 0 saturated carbocycles. The molecule has 0 aromatic heterocycles. The van der Waals surface area contributed by atoms with E-state index in [4.69, 9.17) is 16.3 Å². The molecule has 2 atom stereocenters. The maximum atomic E-state index is 13.2. The zero-order valence-corrected chi connectivity index (χ0v) is 17.8. The molecule has 1 saturated heterocycles. The smallest absolute Gasteiger partial charge is 0.253 e. The Morgan fingerprint density at radius 3 is 2.57 bits per heavy atom. The Labute approximate surface area is 172 Å². The normalized spacial score (nSPS) is 18.7. The molecular formula is C23H29ClN2O2. The number of amides is 1. The van der Waals surface area contributed by atoms with Crippen LogP contribution in [0.2, 0.25) is 5.02 Å². The summed E-state index contributed by atoms with van der Waals surface area (Å²) in [7, 11) is 1.58. The molecule has 0 bridgehead atoms. The number of carbonyl (C=O) groups is 1. The topological polar surface area (TPSA) is 41.6 Å². The molecule has 0 radical (unpaired) electrons. The molecule has 28 heavy (non-hydrogen) atoms. The Morgan fingerprint density at radius 2 is 1.96 bits per heavy atom. The third-order valence-corrected chi connectivity index (χ3v) is 6.16. The molecule has 1 heterocycles. The quantitative estimate of drug-likeness (QED) is 0.734. The van der Waals surface area contributed by atoms with Gasteiger partial charge in [0, 0.05) is 11.6 Å². The molecule has 1 aliphatic rings. The van der Waals surface area contributed by atoms with Gasteiger partial charge < -0.3 is 10.1 Å². The Kier molecular flexibility index (Phi) is 6.31. The van der Waals surface area contributed by atoms with Gasteiger partial charge >= 0.3 is 0 Å². The number of hydrogen-bond acceptors (Lipinski definition) is 3. The van der Waals surface area contributed by atoms with Crippen molar-refractivity contribution in [2.45, 2.75) is 51.2 Å². The van der Waals surface area contributed by atoms with Gasteiger partial charge in [-0.15, -0.1) is 0 Å². The molecule has 1 N–H and O–H groups in total. The standard InChI is InChI=1S/C23H29ClN2O2/c1-16-9-8-14-26(16)23(2,3)21(17-10-6-5-7-11-17)25-22(27)19-15-18(28-4)12-13-20(19)24/h5-7,10-13,15-16,21H,8-9,14H2,1-4H3,(H,25,27). The van der Waals surface area contributed by atoms with Crippen LogP contribution < -0.4 is 10.1 Å². The van der Waals surface area contributed by atoms with Crippen molar-refractivity contribution in [2.24, 2.45) is 0 Å². The first-order valence-corrected chi connectivity index (χ1v) is 10.2. The fraction of sp³-hybridized carbons (Fsp3) is 0.435. The molecule has 1 fully saturated rings. The van der Waals surface area contributed by atoms with Crippen LogP contribution in [0.25, 0.3) is 0 Å². The third-order valence-electron chi connectivity index (χ3n) is 5.83. The molecule has 1 aliphatic heterocycles. The molecule has 150 valence electrons.